The van der Waals surface area contributed by atoms with E-state index >= 15 is 0 Å². The van der Waals surface area contributed by atoms with Crippen LogP contribution in [0.2, 0.25) is 0 Å². The lowest BCUT2D eigenvalue weighted by Gasteiger charge is -2.71. The molecule has 4 N–H and O–H groups in total. The van der Waals surface area contributed by atoms with Crippen molar-refractivity contribution in [2.45, 2.75) is 105 Å². The van der Waals surface area contributed by atoms with Crippen molar-refractivity contribution in [1.29, 1.82) is 0 Å². The number of ketones is 1. The van der Waals surface area contributed by atoms with Crippen molar-refractivity contribution in [2.75, 3.05) is 0 Å². The van der Waals surface area contributed by atoms with Crippen molar-refractivity contribution in [3.8, 4) is 0 Å². The minimum Gasteiger partial charge on any atom is -0.523 e. The van der Waals surface area contributed by atoms with Gasteiger partial charge in [-0.05, 0) is 79.6 Å². The molecule has 3 fully saturated rings. The Kier molecular flexibility index (Phi) is 5.21. The molecule has 5 aliphatic carbocycles. The van der Waals surface area contributed by atoms with Crippen LogP contribution in [0.4, 0.5) is 0 Å². The van der Waals surface area contributed by atoms with Crippen LogP contribution in [0.15, 0.2) is 23.1 Å². The van der Waals surface area contributed by atoms with E-state index in [0.29, 0.717) is 37.8 Å². The Morgan fingerprint density at radius 3 is 2.24 bits per heavy atom. The van der Waals surface area contributed by atoms with Crippen LogP contribution in [0.5, 0.6) is 0 Å². The van der Waals surface area contributed by atoms with Gasteiger partial charge in [-0.3, -0.25) is 9.59 Å². The van der Waals surface area contributed by atoms with Gasteiger partial charge in [0.25, 0.3) is 0 Å². The molecular formula is C31H44N2O4. The van der Waals surface area contributed by atoms with E-state index < -0.39 is 38.6 Å². The highest BCUT2D eigenvalue weighted by Gasteiger charge is 2.76. The first-order valence-electron chi connectivity index (χ1n) is 14.0. The fourth-order valence-electron chi connectivity index (χ4n) is 10.3. The average Bonchev–Trinajstić information content (AvgIpc) is 2.80. The summed E-state index contributed by atoms with van der Waals surface area (Å²) in [5.74, 6) is -0.985. The maximum Gasteiger partial charge on any atom is 0.224 e. The van der Waals surface area contributed by atoms with E-state index in [1.165, 1.54) is 0 Å². The summed E-state index contributed by atoms with van der Waals surface area (Å²) in [6, 6.07) is 0. The van der Waals surface area contributed by atoms with Gasteiger partial charge in [0.2, 0.25) is 11.6 Å². The highest BCUT2D eigenvalue weighted by atomic mass is 16.3. The average molecular weight is 509 g/mol. The highest BCUT2D eigenvalue weighted by Crippen LogP contribution is 2.76. The van der Waals surface area contributed by atoms with Crippen molar-refractivity contribution in [1.82, 2.24) is 0 Å². The molecule has 7 atom stereocenters. The highest BCUT2D eigenvalue weighted by molar-refractivity contribution is 6.01. The molecule has 3 saturated carbocycles. The third kappa shape index (κ3) is 2.85. The van der Waals surface area contributed by atoms with E-state index in [9.17, 15) is 19.8 Å². The number of primary amides is 1. The zero-order valence-corrected chi connectivity index (χ0v) is 23.6. The van der Waals surface area contributed by atoms with Crippen LogP contribution in [0.25, 0.3) is 4.85 Å². The van der Waals surface area contributed by atoms with Crippen molar-refractivity contribution in [3.63, 3.8) is 0 Å². The van der Waals surface area contributed by atoms with Crippen LogP contribution in [-0.2, 0) is 9.59 Å². The summed E-state index contributed by atoms with van der Waals surface area (Å²) < 4.78 is 0. The standard InChI is InChI=1S/C31H44N2O4/c1-25(2)11-13-30(24(32)36)14-12-29(7)28(6)10-9-19-26(3,4)23(35)18(33-8)16-27(19,5)20(28)15-22(34)31(29,37)21(30)17-25/h15,19,21,35,37H,9-14,16-17H2,1-7H3,(H2,32,36)/t19-,21+,27-,28+,29-,30-,31+/m0/s1. The Labute approximate surface area is 221 Å². The van der Waals surface area contributed by atoms with Crippen LogP contribution in [0.3, 0.4) is 0 Å². The lowest BCUT2D eigenvalue weighted by atomic mass is 9.32. The van der Waals surface area contributed by atoms with Crippen LogP contribution < -0.4 is 5.73 Å². The number of hydrogen-bond donors (Lipinski definition) is 3. The zero-order valence-electron chi connectivity index (χ0n) is 23.6. The van der Waals surface area contributed by atoms with Gasteiger partial charge in [0.1, 0.15) is 11.4 Å². The van der Waals surface area contributed by atoms with Gasteiger partial charge in [0.05, 0.1) is 12.0 Å². The SMILES string of the molecule is [C-]#[N+]C1=C(O)C(C)(C)[C@@H]2CC[C@]3(C)C(=CC(=O)[C@]4(O)[C@@H]5CC(C)(C)CC[C@]5(C(N)=O)CC[C@@]34C)[C@@]2(C)C1. The molecule has 5 aliphatic rings. The Hall–Kier alpha value is -2.13. The fraction of sp³-hybridized carbons (Fsp3) is 0.774. The molecule has 37 heavy (non-hydrogen) atoms. The van der Waals surface area contributed by atoms with Gasteiger partial charge in [-0.2, -0.15) is 0 Å². The Bertz CT molecular complexity index is 1210. The van der Waals surface area contributed by atoms with Crippen molar-refractivity contribution in [2.24, 2.45) is 50.1 Å². The van der Waals surface area contributed by atoms with Crippen molar-refractivity contribution in [3.05, 3.63) is 34.5 Å². The topological polar surface area (TPSA) is 105 Å². The molecule has 6 heteroatoms. The molecule has 202 valence electrons. The molecular weight excluding hydrogens is 464 g/mol. The van der Waals surface area contributed by atoms with E-state index in [-0.39, 0.29) is 28.8 Å². The number of nitrogens with two attached hydrogens (primary N) is 1. The molecule has 0 aromatic carbocycles. The predicted octanol–water partition coefficient (Wildman–Crippen LogP) is 5.87. The maximum absolute atomic E-state index is 14.4. The van der Waals surface area contributed by atoms with Crippen LogP contribution in [0.1, 0.15) is 99.8 Å². The number of nitrogens with zero attached hydrogens (tertiary/aromatic N) is 1. The van der Waals surface area contributed by atoms with Crippen LogP contribution >= 0.6 is 0 Å². The number of hydrogen-bond acceptors (Lipinski definition) is 4. The lowest BCUT2D eigenvalue weighted by molar-refractivity contribution is -0.243. The van der Waals surface area contributed by atoms with E-state index in [1.54, 1.807) is 6.08 Å². The van der Waals surface area contributed by atoms with Gasteiger partial charge < -0.3 is 15.9 Å². The summed E-state index contributed by atoms with van der Waals surface area (Å²) in [6.45, 7) is 22.5. The molecule has 0 aliphatic heterocycles. The molecule has 0 bridgehead atoms. The van der Waals surface area contributed by atoms with Gasteiger partial charge in [-0.25, -0.2) is 4.85 Å². The number of fused-ring (bicyclic) bond motifs is 7. The van der Waals surface area contributed by atoms with E-state index in [4.69, 9.17) is 12.3 Å². The maximum atomic E-state index is 14.4. The van der Waals surface area contributed by atoms with E-state index in [0.717, 1.165) is 24.8 Å². The molecule has 0 radical (unpaired) electrons. The quantitative estimate of drug-likeness (QED) is 0.385. The number of rotatable bonds is 1. The number of aliphatic hydroxyl groups excluding tert-OH is 1. The van der Waals surface area contributed by atoms with Gasteiger partial charge in [-0.1, -0.05) is 54.0 Å². The molecule has 0 aromatic rings. The number of carbonyl (C=O) groups is 2. The van der Waals surface area contributed by atoms with Crippen molar-refractivity contribution < 1.29 is 19.8 Å². The van der Waals surface area contributed by atoms with Gasteiger partial charge in [0, 0.05) is 16.7 Å². The van der Waals surface area contributed by atoms with Crippen LogP contribution in [0, 0.1) is 50.9 Å². The minimum absolute atomic E-state index is 0.0642. The van der Waals surface area contributed by atoms with Gasteiger partial charge in [0.15, 0.2) is 5.78 Å². The molecule has 5 rings (SSSR count). The molecule has 6 nitrogen and oxygen atoms in total. The normalized spacial score (nSPS) is 48.0. The fourth-order valence-corrected chi connectivity index (χ4v) is 10.3. The lowest BCUT2D eigenvalue weighted by Crippen LogP contribution is -2.75. The Morgan fingerprint density at radius 1 is 1.03 bits per heavy atom. The van der Waals surface area contributed by atoms with E-state index in [1.807, 2.05) is 13.8 Å². The predicted molar refractivity (Wildman–Crippen MR) is 142 cm³/mol. The zero-order chi connectivity index (χ0) is 27.6. The largest absolute Gasteiger partial charge is 0.523 e. The van der Waals surface area contributed by atoms with Gasteiger partial charge in [-0.15, -0.1) is 0 Å². The second kappa shape index (κ2) is 7.29. The number of amides is 1. The minimum atomic E-state index is -1.69. The number of allylic oxidation sites excluding steroid dienone is 3. The summed E-state index contributed by atoms with van der Waals surface area (Å²) in [5, 5.41) is 23.8. The molecule has 0 heterocycles. The van der Waals surface area contributed by atoms with E-state index in [2.05, 4.69) is 39.5 Å². The summed E-state index contributed by atoms with van der Waals surface area (Å²) in [5.41, 5.74) is 2.44. The van der Waals surface area contributed by atoms with Crippen LogP contribution in [-0.4, -0.2) is 27.5 Å². The number of carbonyl (C=O) groups excluding carboxylic acids is 2. The molecule has 0 unspecified atom stereocenters. The second-order valence-electron chi connectivity index (χ2n) is 15.1. The summed E-state index contributed by atoms with van der Waals surface area (Å²) >= 11 is 0. The smallest absolute Gasteiger partial charge is 0.224 e. The molecule has 0 spiro atoms. The summed E-state index contributed by atoms with van der Waals surface area (Å²) in [4.78, 5) is 31.1. The first kappa shape index (κ1) is 26.5. The Morgan fingerprint density at radius 2 is 1.65 bits per heavy atom. The first-order valence-corrected chi connectivity index (χ1v) is 14.0. The third-order valence-electron chi connectivity index (χ3n) is 12.8. The Balaban J connectivity index is 1.73. The monoisotopic (exact) mass is 508 g/mol. The molecule has 1 amide bonds. The molecule has 0 aromatic heterocycles. The summed E-state index contributed by atoms with van der Waals surface area (Å²) in [7, 11) is 0. The number of aliphatic hydroxyl groups is 2. The van der Waals surface area contributed by atoms with Gasteiger partial charge >= 0.3 is 0 Å². The first-order chi connectivity index (χ1) is 16.9. The third-order valence-corrected chi connectivity index (χ3v) is 12.8. The second-order valence-corrected chi connectivity index (χ2v) is 15.1. The van der Waals surface area contributed by atoms with Crippen molar-refractivity contribution >= 4 is 11.7 Å². The summed E-state index contributed by atoms with van der Waals surface area (Å²) in [6.07, 6.45) is 6.84. The molecule has 0 saturated heterocycles.